The maximum absolute atomic E-state index is 12.6. The number of aromatic amines is 1. The highest BCUT2D eigenvalue weighted by Crippen LogP contribution is 2.30. The Balaban J connectivity index is 1.71. The average molecular weight is 413 g/mol. The van der Waals surface area contributed by atoms with Crippen LogP contribution in [-0.2, 0) is 10.5 Å². The monoisotopic (exact) mass is 412 g/mol. The van der Waals surface area contributed by atoms with E-state index in [0.29, 0.717) is 28.3 Å². The number of nitriles is 1. The summed E-state index contributed by atoms with van der Waals surface area (Å²) in [4.78, 5) is 32.8. The summed E-state index contributed by atoms with van der Waals surface area (Å²) in [6, 6.07) is 11.8. The van der Waals surface area contributed by atoms with Gasteiger partial charge < -0.3 is 10.3 Å². The van der Waals surface area contributed by atoms with E-state index < -0.39 is 0 Å². The van der Waals surface area contributed by atoms with Gasteiger partial charge in [0.25, 0.3) is 5.56 Å². The van der Waals surface area contributed by atoms with E-state index in [-0.39, 0.29) is 22.6 Å². The Morgan fingerprint density at radius 3 is 2.82 bits per heavy atom. The molecule has 2 unspecified atom stereocenters. The number of carbonyl (C=O) groups is 1. The van der Waals surface area contributed by atoms with Crippen LogP contribution in [-0.4, -0.2) is 27.7 Å². The van der Waals surface area contributed by atoms with Gasteiger partial charge in [0.15, 0.2) is 0 Å². The van der Waals surface area contributed by atoms with Crippen LogP contribution in [0.3, 0.4) is 0 Å². The molecule has 1 amide bonds. The highest BCUT2D eigenvalue weighted by atomic mass is 32.2. The van der Waals surface area contributed by atoms with Crippen LogP contribution in [0, 0.1) is 17.2 Å². The molecule has 2 aromatic heterocycles. The van der Waals surface area contributed by atoms with Crippen LogP contribution in [0.1, 0.15) is 19.7 Å². The molecular weight excluding hydrogens is 392 g/mol. The van der Waals surface area contributed by atoms with Gasteiger partial charge >= 0.3 is 0 Å². The van der Waals surface area contributed by atoms with E-state index in [0.717, 1.165) is 11.1 Å². The predicted molar refractivity (Wildman–Crippen MR) is 114 cm³/mol. The van der Waals surface area contributed by atoms with Gasteiger partial charge in [-0.2, -0.15) is 5.26 Å². The number of nitrogens with zero attached hydrogens (tertiary/aromatic N) is 2. The summed E-state index contributed by atoms with van der Waals surface area (Å²) in [5.74, 6) is 0.623. The maximum atomic E-state index is 12.6. The minimum Gasteiger partial charge on any atom is -0.354 e. The molecule has 144 valence electrons. The molecule has 3 rings (SSSR count). The Morgan fingerprint density at radius 2 is 2.11 bits per heavy atom. The van der Waals surface area contributed by atoms with Gasteiger partial charge in [-0.25, -0.2) is 4.98 Å². The highest BCUT2D eigenvalue weighted by Gasteiger charge is 2.16. The molecule has 8 heteroatoms. The van der Waals surface area contributed by atoms with Gasteiger partial charge in [-0.1, -0.05) is 30.3 Å². The van der Waals surface area contributed by atoms with Crippen molar-refractivity contribution in [2.24, 2.45) is 5.92 Å². The fraction of sp³-hybridized carbons (Fsp3) is 0.300. The van der Waals surface area contributed by atoms with Crippen molar-refractivity contribution < 1.29 is 4.79 Å². The molecule has 2 N–H and O–H groups in total. The van der Waals surface area contributed by atoms with Crippen LogP contribution in [0.2, 0.25) is 0 Å². The van der Waals surface area contributed by atoms with E-state index in [2.05, 4.69) is 21.4 Å². The van der Waals surface area contributed by atoms with Crippen molar-refractivity contribution in [2.45, 2.75) is 24.9 Å². The van der Waals surface area contributed by atoms with Crippen LogP contribution in [0.5, 0.6) is 0 Å². The number of carbonyl (C=O) groups excluding carboxylic acids is 1. The van der Waals surface area contributed by atoms with Crippen LogP contribution >= 0.6 is 23.1 Å². The number of aromatic nitrogens is 2. The summed E-state index contributed by atoms with van der Waals surface area (Å²) >= 11 is 2.84. The molecule has 1 aromatic carbocycles. The van der Waals surface area contributed by atoms with Crippen molar-refractivity contribution in [3.8, 4) is 17.2 Å². The number of thiophene rings is 1. The molecule has 0 fully saturated rings. The van der Waals surface area contributed by atoms with Crippen molar-refractivity contribution in [1.82, 2.24) is 15.3 Å². The zero-order valence-corrected chi connectivity index (χ0v) is 17.2. The van der Waals surface area contributed by atoms with Crippen LogP contribution in [0.15, 0.2) is 40.5 Å². The zero-order chi connectivity index (χ0) is 20.1. The summed E-state index contributed by atoms with van der Waals surface area (Å²) in [5, 5.41) is 13.8. The SMILES string of the molecule is CC(C#N)CNC(=O)C(C)SCc1nc2scc(-c3ccccc3)c2c(=O)[nH]1. The third kappa shape index (κ3) is 4.61. The third-order valence-corrected chi connectivity index (χ3v) is 6.25. The van der Waals surface area contributed by atoms with Gasteiger partial charge in [0.1, 0.15) is 10.7 Å². The fourth-order valence-corrected chi connectivity index (χ4v) is 4.36. The normalized spacial score (nSPS) is 13.0. The molecule has 0 aliphatic carbocycles. The lowest BCUT2D eigenvalue weighted by molar-refractivity contribution is -0.120. The van der Waals surface area contributed by atoms with Gasteiger partial charge in [0, 0.05) is 17.5 Å². The molecular formula is C20H20N4O2S2. The quantitative estimate of drug-likeness (QED) is 0.618. The van der Waals surface area contributed by atoms with Gasteiger partial charge in [-0.05, 0) is 19.4 Å². The molecule has 0 spiro atoms. The first-order valence-electron chi connectivity index (χ1n) is 8.84. The predicted octanol–water partition coefficient (Wildman–Crippen LogP) is 3.55. The van der Waals surface area contributed by atoms with Crippen molar-refractivity contribution in [3.05, 3.63) is 51.9 Å². The second kappa shape index (κ2) is 9.04. The van der Waals surface area contributed by atoms with E-state index in [1.165, 1.54) is 23.1 Å². The van der Waals surface area contributed by atoms with Crippen LogP contribution in [0.25, 0.3) is 21.3 Å². The number of thioether (sulfide) groups is 1. The highest BCUT2D eigenvalue weighted by molar-refractivity contribution is 7.99. The van der Waals surface area contributed by atoms with E-state index in [9.17, 15) is 9.59 Å². The zero-order valence-electron chi connectivity index (χ0n) is 15.6. The van der Waals surface area contributed by atoms with Crippen molar-refractivity contribution >= 4 is 39.2 Å². The van der Waals surface area contributed by atoms with Gasteiger partial charge in [-0.3, -0.25) is 9.59 Å². The lowest BCUT2D eigenvalue weighted by Crippen LogP contribution is -2.34. The van der Waals surface area contributed by atoms with Crippen molar-refractivity contribution in [3.63, 3.8) is 0 Å². The first kappa shape index (κ1) is 20.1. The molecule has 3 aromatic rings. The Bertz CT molecular complexity index is 1070. The largest absolute Gasteiger partial charge is 0.354 e. The second-order valence-corrected chi connectivity index (χ2v) is 8.62. The van der Waals surface area contributed by atoms with Crippen molar-refractivity contribution in [1.29, 1.82) is 5.26 Å². The Kier molecular flexibility index (Phi) is 6.49. The lowest BCUT2D eigenvalue weighted by atomic mass is 10.1. The maximum Gasteiger partial charge on any atom is 0.260 e. The smallest absolute Gasteiger partial charge is 0.260 e. The number of fused-ring (bicyclic) bond motifs is 1. The first-order chi connectivity index (χ1) is 13.5. The number of nitrogens with one attached hydrogen (secondary N) is 2. The van der Waals surface area contributed by atoms with E-state index >= 15 is 0 Å². The molecule has 0 aliphatic rings. The summed E-state index contributed by atoms with van der Waals surface area (Å²) in [5.41, 5.74) is 1.70. The molecule has 0 aliphatic heterocycles. The van der Waals surface area contributed by atoms with Gasteiger partial charge in [0.2, 0.25) is 5.91 Å². The first-order valence-corrected chi connectivity index (χ1v) is 10.8. The topological polar surface area (TPSA) is 98.6 Å². The summed E-state index contributed by atoms with van der Waals surface area (Å²) in [6.45, 7) is 3.89. The Hall–Kier alpha value is -2.63. The molecule has 0 saturated heterocycles. The second-order valence-electron chi connectivity index (χ2n) is 6.44. The molecule has 0 saturated carbocycles. The number of amides is 1. The molecule has 0 radical (unpaired) electrons. The minimum atomic E-state index is -0.310. The van der Waals surface area contributed by atoms with Crippen LogP contribution in [0.4, 0.5) is 0 Å². The summed E-state index contributed by atoms with van der Waals surface area (Å²) < 4.78 is 0. The van der Waals surface area contributed by atoms with Gasteiger partial charge in [0.05, 0.1) is 28.4 Å². The Morgan fingerprint density at radius 1 is 1.36 bits per heavy atom. The number of benzene rings is 1. The summed E-state index contributed by atoms with van der Waals surface area (Å²) in [7, 11) is 0. The number of hydrogen-bond acceptors (Lipinski definition) is 6. The average Bonchev–Trinajstić information content (AvgIpc) is 3.15. The summed E-state index contributed by atoms with van der Waals surface area (Å²) in [6.07, 6.45) is 0. The van der Waals surface area contributed by atoms with Gasteiger partial charge in [-0.15, -0.1) is 23.1 Å². The molecule has 6 nitrogen and oxygen atoms in total. The minimum absolute atomic E-state index is 0.127. The molecule has 0 bridgehead atoms. The number of H-pyrrole nitrogens is 1. The third-order valence-electron chi connectivity index (χ3n) is 4.22. The Labute approximate surface area is 171 Å². The number of rotatable bonds is 7. The van der Waals surface area contributed by atoms with E-state index in [4.69, 9.17) is 5.26 Å². The molecule has 28 heavy (non-hydrogen) atoms. The molecule has 2 heterocycles. The van der Waals surface area contributed by atoms with E-state index in [1.54, 1.807) is 13.8 Å². The standard InChI is InChI=1S/C20H20N4O2S2/c1-12(8-21)9-22-18(25)13(2)27-11-16-23-19(26)17-15(10-28-20(17)24-16)14-6-4-3-5-7-14/h3-7,10,12-13H,9,11H2,1-2H3,(H,22,25)(H,23,24,26). The molecule has 2 atom stereocenters. The van der Waals surface area contributed by atoms with Crippen molar-refractivity contribution in [2.75, 3.05) is 6.54 Å². The lowest BCUT2D eigenvalue weighted by Gasteiger charge is -2.12. The number of hydrogen-bond donors (Lipinski definition) is 2. The fourth-order valence-electron chi connectivity index (χ4n) is 2.61. The van der Waals surface area contributed by atoms with Crippen LogP contribution < -0.4 is 10.9 Å². The van der Waals surface area contributed by atoms with E-state index in [1.807, 2.05) is 35.7 Å².